The standard InChI is InChI=1S/C11H13BrS/c1-7-6-10-9(8(2)13-7)4-3-5-11(10)12/h3-5,7-8H,6H2,1-2H3. The highest BCUT2D eigenvalue weighted by Gasteiger charge is 2.22. The minimum atomic E-state index is 0.649. The van der Waals surface area contributed by atoms with Crippen molar-refractivity contribution >= 4 is 27.7 Å². The Hall–Kier alpha value is 0.0500. The first-order valence-corrected chi connectivity index (χ1v) is 6.35. The average molecular weight is 257 g/mol. The quantitative estimate of drug-likeness (QED) is 0.671. The Balaban J connectivity index is 2.49. The second-order valence-corrected chi connectivity index (χ2v) is 6.24. The third-order valence-electron chi connectivity index (χ3n) is 2.52. The van der Waals surface area contributed by atoms with Gasteiger partial charge in [0.2, 0.25) is 0 Å². The summed E-state index contributed by atoms with van der Waals surface area (Å²) in [7, 11) is 0. The molecule has 2 rings (SSSR count). The van der Waals surface area contributed by atoms with Gasteiger partial charge in [0.15, 0.2) is 0 Å². The van der Waals surface area contributed by atoms with Crippen molar-refractivity contribution in [2.24, 2.45) is 0 Å². The molecule has 1 aromatic carbocycles. The van der Waals surface area contributed by atoms with Gasteiger partial charge in [-0.3, -0.25) is 0 Å². The summed E-state index contributed by atoms with van der Waals surface area (Å²) < 4.78 is 1.28. The van der Waals surface area contributed by atoms with Crippen LogP contribution in [0.1, 0.15) is 30.2 Å². The molecule has 1 aliphatic heterocycles. The topological polar surface area (TPSA) is 0 Å². The van der Waals surface area contributed by atoms with Crippen molar-refractivity contribution in [3.63, 3.8) is 0 Å². The summed E-state index contributed by atoms with van der Waals surface area (Å²) in [6.07, 6.45) is 1.20. The molecule has 0 N–H and O–H groups in total. The number of benzene rings is 1. The molecule has 70 valence electrons. The van der Waals surface area contributed by atoms with Crippen molar-refractivity contribution in [2.45, 2.75) is 30.8 Å². The first kappa shape index (κ1) is 9.60. The predicted molar refractivity (Wildman–Crippen MR) is 63.3 cm³/mol. The third kappa shape index (κ3) is 1.79. The van der Waals surface area contributed by atoms with Crippen LogP contribution in [0.3, 0.4) is 0 Å². The summed E-state index contributed by atoms with van der Waals surface area (Å²) >= 11 is 5.70. The zero-order valence-corrected chi connectivity index (χ0v) is 10.3. The summed E-state index contributed by atoms with van der Waals surface area (Å²) in [4.78, 5) is 0. The predicted octanol–water partition coefficient (Wildman–Crippen LogP) is 4.19. The van der Waals surface area contributed by atoms with E-state index in [0.717, 1.165) is 5.25 Å². The van der Waals surface area contributed by atoms with E-state index in [1.54, 1.807) is 0 Å². The molecule has 0 aromatic heterocycles. The number of hydrogen-bond donors (Lipinski definition) is 0. The van der Waals surface area contributed by atoms with Crippen LogP contribution in [-0.4, -0.2) is 5.25 Å². The Labute approximate surface area is 92.2 Å². The highest BCUT2D eigenvalue weighted by molar-refractivity contribution is 9.10. The molecule has 0 fully saturated rings. The lowest BCUT2D eigenvalue weighted by Crippen LogP contribution is -2.13. The van der Waals surface area contributed by atoms with E-state index in [2.05, 4.69) is 59.7 Å². The Kier molecular flexibility index (Phi) is 2.70. The number of halogens is 1. The lowest BCUT2D eigenvalue weighted by molar-refractivity contribution is 0.866. The third-order valence-corrected chi connectivity index (χ3v) is 4.56. The molecule has 0 aliphatic carbocycles. The Morgan fingerprint density at radius 3 is 2.92 bits per heavy atom. The van der Waals surface area contributed by atoms with Gasteiger partial charge in [0.05, 0.1) is 0 Å². The summed E-state index contributed by atoms with van der Waals surface area (Å²) in [5.41, 5.74) is 3.03. The number of thioether (sulfide) groups is 1. The fourth-order valence-electron chi connectivity index (χ4n) is 1.93. The molecule has 0 amide bonds. The van der Waals surface area contributed by atoms with Crippen molar-refractivity contribution in [1.29, 1.82) is 0 Å². The lowest BCUT2D eigenvalue weighted by atomic mass is 10.0. The van der Waals surface area contributed by atoms with E-state index in [9.17, 15) is 0 Å². The molecule has 1 aromatic rings. The number of fused-ring (bicyclic) bond motifs is 1. The van der Waals surface area contributed by atoms with Crippen LogP contribution in [0.5, 0.6) is 0 Å². The summed E-state index contributed by atoms with van der Waals surface area (Å²) in [5.74, 6) is 0. The van der Waals surface area contributed by atoms with Crippen LogP contribution in [-0.2, 0) is 6.42 Å². The van der Waals surface area contributed by atoms with E-state index in [1.807, 2.05) is 0 Å². The van der Waals surface area contributed by atoms with E-state index >= 15 is 0 Å². The molecule has 1 aliphatic rings. The Bertz CT molecular complexity index is 322. The van der Waals surface area contributed by atoms with E-state index in [4.69, 9.17) is 0 Å². The van der Waals surface area contributed by atoms with Crippen LogP contribution in [0.15, 0.2) is 22.7 Å². The highest BCUT2D eigenvalue weighted by Crippen LogP contribution is 2.42. The Morgan fingerprint density at radius 2 is 2.15 bits per heavy atom. The van der Waals surface area contributed by atoms with Crippen LogP contribution >= 0.6 is 27.7 Å². The van der Waals surface area contributed by atoms with Gasteiger partial charge in [-0.25, -0.2) is 0 Å². The maximum Gasteiger partial charge on any atom is 0.0274 e. The van der Waals surface area contributed by atoms with Gasteiger partial charge in [0.1, 0.15) is 0 Å². The van der Waals surface area contributed by atoms with Gasteiger partial charge < -0.3 is 0 Å². The smallest absolute Gasteiger partial charge is 0.0274 e. The molecule has 0 spiro atoms. The van der Waals surface area contributed by atoms with Gasteiger partial charge in [0.25, 0.3) is 0 Å². The van der Waals surface area contributed by atoms with Crippen molar-refractivity contribution in [1.82, 2.24) is 0 Å². The number of hydrogen-bond acceptors (Lipinski definition) is 1. The zero-order chi connectivity index (χ0) is 9.42. The fourth-order valence-corrected chi connectivity index (χ4v) is 3.80. The average Bonchev–Trinajstić information content (AvgIpc) is 2.07. The molecule has 0 nitrogen and oxygen atoms in total. The van der Waals surface area contributed by atoms with E-state index in [-0.39, 0.29) is 0 Å². The van der Waals surface area contributed by atoms with Gasteiger partial charge in [-0.05, 0) is 30.5 Å². The van der Waals surface area contributed by atoms with E-state index in [1.165, 1.54) is 22.0 Å². The van der Waals surface area contributed by atoms with Crippen LogP contribution in [0.25, 0.3) is 0 Å². The van der Waals surface area contributed by atoms with Crippen molar-refractivity contribution < 1.29 is 0 Å². The first-order chi connectivity index (χ1) is 6.18. The highest BCUT2D eigenvalue weighted by atomic mass is 79.9. The molecule has 0 saturated carbocycles. The normalized spacial score (nSPS) is 27.0. The fraction of sp³-hybridized carbons (Fsp3) is 0.455. The molecule has 0 radical (unpaired) electrons. The maximum atomic E-state index is 3.63. The lowest BCUT2D eigenvalue weighted by Gasteiger charge is -2.27. The second-order valence-electron chi connectivity index (χ2n) is 3.60. The maximum absolute atomic E-state index is 3.63. The summed E-state index contributed by atoms with van der Waals surface area (Å²) in [6.45, 7) is 4.61. The molecule has 13 heavy (non-hydrogen) atoms. The van der Waals surface area contributed by atoms with Crippen LogP contribution in [0.2, 0.25) is 0 Å². The summed E-state index contributed by atoms with van der Waals surface area (Å²) in [5, 5.41) is 1.40. The monoisotopic (exact) mass is 256 g/mol. The van der Waals surface area contributed by atoms with Crippen LogP contribution in [0, 0.1) is 0 Å². The first-order valence-electron chi connectivity index (χ1n) is 4.61. The largest absolute Gasteiger partial charge is 0.151 e. The molecule has 1 heterocycles. The molecule has 0 bridgehead atoms. The van der Waals surface area contributed by atoms with E-state index in [0.29, 0.717) is 5.25 Å². The van der Waals surface area contributed by atoms with Gasteiger partial charge in [0, 0.05) is 15.0 Å². The van der Waals surface area contributed by atoms with Crippen molar-refractivity contribution in [3.8, 4) is 0 Å². The van der Waals surface area contributed by atoms with Gasteiger partial charge in [-0.1, -0.05) is 35.0 Å². The zero-order valence-electron chi connectivity index (χ0n) is 7.88. The Morgan fingerprint density at radius 1 is 1.38 bits per heavy atom. The molecule has 2 unspecified atom stereocenters. The van der Waals surface area contributed by atoms with Crippen LogP contribution in [0.4, 0.5) is 0 Å². The minimum absolute atomic E-state index is 0.649. The SMILES string of the molecule is CC1Cc2c(Br)cccc2C(C)S1. The second kappa shape index (κ2) is 3.66. The molecular formula is C11H13BrS. The van der Waals surface area contributed by atoms with Crippen molar-refractivity contribution in [2.75, 3.05) is 0 Å². The van der Waals surface area contributed by atoms with Crippen molar-refractivity contribution in [3.05, 3.63) is 33.8 Å². The molecule has 2 heteroatoms. The minimum Gasteiger partial charge on any atom is -0.151 e. The number of rotatable bonds is 0. The van der Waals surface area contributed by atoms with Gasteiger partial charge >= 0.3 is 0 Å². The van der Waals surface area contributed by atoms with Gasteiger partial charge in [-0.2, -0.15) is 11.8 Å². The molecule has 2 atom stereocenters. The molecular weight excluding hydrogens is 244 g/mol. The van der Waals surface area contributed by atoms with E-state index < -0.39 is 0 Å². The van der Waals surface area contributed by atoms with Crippen LogP contribution < -0.4 is 0 Å². The van der Waals surface area contributed by atoms with Gasteiger partial charge in [-0.15, -0.1) is 0 Å². The summed E-state index contributed by atoms with van der Waals surface area (Å²) in [6, 6.07) is 6.54. The molecule has 0 saturated heterocycles.